The van der Waals surface area contributed by atoms with Crippen molar-refractivity contribution in [3.63, 3.8) is 0 Å². The van der Waals surface area contributed by atoms with Crippen molar-refractivity contribution >= 4 is 0 Å². The van der Waals surface area contributed by atoms with Gasteiger partial charge in [0, 0.05) is 0 Å². The van der Waals surface area contributed by atoms with E-state index in [9.17, 15) is 0 Å². The first-order chi connectivity index (χ1) is 5.85. The molecule has 0 aliphatic heterocycles. The molecule has 12 heavy (non-hydrogen) atoms. The molecule has 2 nitrogen and oxygen atoms in total. The van der Waals surface area contributed by atoms with Gasteiger partial charge in [-0.3, -0.25) is 5.26 Å². The molecule has 0 saturated carbocycles. The zero-order valence-electron chi connectivity index (χ0n) is 8.12. The van der Waals surface area contributed by atoms with Gasteiger partial charge in [-0.15, -0.1) is 0 Å². The Bertz CT molecular complexity index is 110. The summed E-state index contributed by atoms with van der Waals surface area (Å²) < 4.78 is 0. The van der Waals surface area contributed by atoms with Gasteiger partial charge in [0.1, 0.15) is 6.10 Å². The SMILES string of the molecule is CC=CC(CCCCCC)OO. The van der Waals surface area contributed by atoms with E-state index in [1.165, 1.54) is 19.3 Å². The molecule has 0 aliphatic rings. The van der Waals surface area contributed by atoms with E-state index < -0.39 is 0 Å². The summed E-state index contributed by atoms with van der Waals surface area (Å²) in [4.78, 5) is 4.28. The van der Waals surface area contributed by atoms with Crippen LogP contribution < -0.4 is 0 Å². The molecule has 72 valence electrons. The molecule has 0 amide bonds. The second kappa shape index (κ2) is 8.75. The number of allylic oxidation sites excluding steroid dienone is 1. The first-order valence-electron chi connectivity index (χ1n) is 4.78. The molecule has 0 aromatic carbocycles. The molecular formula is C10H20O2. The largest absolute Gasteiger partial charge is 0.251 e. The van der Waals surface area contributed by atoms with Gasteiger partial charge < -0.3 is 0 Å². The Labute approximate surface area is 75.2 Å². The number of rotatable bonds is 7. The van der Waals surface area contributed by atoms with Crippen molar-refractivity contribution in [2.75, 3.05) is 0 Å². The lowest BCUT2D eigenvalue weighted by Gasteiger charge is -2.07. The van der Waals surface area contributed by atoms with E-state index in [4.69, 9.17) is 5.26 Å². The lowest BCUT2D eigenvalue weighted by Crippen LogP contribution is -2.06. The minimum absolute atomic E-state index is 0.105. The van der Waals surface area contributed by atoms with Crippen LogP contribution in [-0.2, 0) is 4.89 Å². The summed E-state index contributed by atoms with van der Waals surface area (Å²) >= 11 is 0. The minimum atomic E-state index is -0.105. The average Bonchev–Trinajstić information content (AvgIpc) is 2.10. The van der Waals surface area contributed by atoms with Crippen LogP contribution in [0, 0.1) is 0 Å². The molecular weight excluding hydrogens is 152 g/mol. The normalized spacial score (nSPS) is 13.9. The fraction of sp³-hybridized carbons (Fsp3) is 0.800. The molecule has 0 rings (SSSR count). The third-order valence-corrected chi connectivity index (χ3v) is 1.88. The molecule has 1 atom stereocenters. The Kier molecular flexibility index (Phi) is 8.51. The van der Waals surface area contributed by atoms with Crippen LogP contribution in [0.4, 0.5) is 0 Å². The van der Waals surface area contributed by atoms with Gasteiger partial charge in [-0.25, -0.2) is 4.89 Å². The monoisotopic (exact) mass is 172 g/mol. The molecule has 0 aromatic rings. The Balaban J connectivity index is 3.31. The van der Waals surface area contributed by atoms with Crippen LogP contribution in [0.2, 0.25) is 0 Å². The minimum Gasteiger partial charge on any atom is -0.251 e. The van der Waals surface area contributed by atoms with Crippen LogP contribution in [0.5, 0.6) is 0 Å². The fourth-order valence-electron chi connectivity index (χ4n) is 1.17. The molecule has 0 saturated heterocycles. The van der Waals surface area contributed by atoms with Crippen molar-refractivity contribution < 1.29 is 10.1 Å². The number of unbranched alkanes of at least 4 members (excludes halogenated alkanes) is 3. The summed E-state index contributed by atoms with van der Waals surface area (Å²) in [7, 11) is 0. The first-order valence-corrected chi connectivity index (χ1v) is 4.78. The summed E-state index contributed by atoms with van der Waals surface area (Å²) in [5.74, 6) is 0. The smallest absolute Gasteiger partial charge is 0.111 e. The maximum Gasteiger partial charge on any atom is 0.111 e. The van der Waals surface area contributed by atoms with Crippen LogP contribution in [-0.4, -0.2) is 11.4 Å². The molecule has 1 unspecified atom stereocenters. The molecule has 0 spiro atoms. The van der Waals surface area contributed by atoms with Crippen molar-refractivity contribution in [3.8, 4) is 0 Å². The first kappa shape index (κ1) is 11.7. The van der Waals surface area contributed by atoms with E-state index in [2.05, 4.69) is 11.8 Å². The topological polar surface area (TPSA) is 29.5 Å². The second-order valence-corrected chi connectivity index (χ2v) is 3.02. The van der Waals surface area contributed by atoms with Crippen molar-refractivity contribution in [1.82, 2.24) is 0 Å². The standard InChI is InChI=1S/C10H20O2/c1-3-5-6-7-9-10(12-11)8-4-2/h4,8,10-11H,3,5-7,9H2,1-2H3. The highest BCUT2D eigenvalue weighted by atomic mass is 17.1. The fourth-order valence-corrected chi connectivity index (χ4v) is 1.17. The van der Waals surface area contributed by atoms with E-state index in [0.717, 1.165) is 12.8 Å². The van der Waals surface area contributed by atoms with Gasteiger partial charge in [-0.05, 0) is 13.3 Å². The summed E-state index contributed by atoms with van der Waals surface area (Å²) in [6.07, 6.45) is 9.47. The zero-order chi connectivity index (χ0) is 9.23. The maximum absolute atomic E-state index is 8.46. The van der Waals surface area contributed by atoms with Crippen LogP contribution in [0.15, 0.2) is 12.2 Å². The Morgan fingerprint density at radius 3 is 2.58 bits per heavy atom. The number of hydrogen-bond acceptors (Lipinski definition) is 2. The van der Waals surface area contributed by atoms with Crippen LogP contribution in [0.25, 0.3) is 0 Å². The molecule has 1 N–H and O–H groups in total. The van der Waals surface area contributed by atoms with Gasteiger partial charge in [0.15, 0.2) is 0 Å². The Morgan fingerprint density at radius 2 is 2.08 bits per heavy atom. The van der Waals surface area contributed by atoms with Crippen molar-refractivity contribution in [2.45, 2.75) is 52.1 Å². The Morgan fingerprint density at radius 1 is 1.33 bits per heavy atom. The van der Waals surface area contributed by atoms with Crippen molar-refractivity contribution in [3.05, 3.63) is 12.2 Å². The van der Waals surface area contributed by atoms with Gasteiger partial charge in [-0.1, -0.05) is 44.8 Å². The van der Waals surface area contributed by atoms with Gasteiger partial charge >= 0.3 is 0 Å². The average molecular weight is 172 g/mol. The molecule has 0 radical (unpaired) electrons. The lowest BCUT2D eigenvalue weighted by atomic mass is 10.1. The predicted octanol–water partition coefficient (Wildman–Crippen LogP) is 3.39. The van der Waals surface area contributed by atoms with Crippen LogP contribution >= 0.6 is 0 Å². The van der Waals surface area contributed by atoms with Gasteiger partial charge in [0.2, 0.25) is 0 Å². The van der Waals surface area contributed by atoms with E-state index >= 15 is 0 Å². The number of hydrogen-bond donors (Lipinski definition) is 1. The Hall–Kier alpha value is -0.340. The highest BCUT2D eigenvalue weighted by Gasteiger charge is 2.02. The molecule has 2 heteroatoms. The summed E-state index contributed by atoms with van der Waals surface area (Å²) in [5.41, 5.74) is 0. The summed E-state index contributed by atoms with van der Waals surface area (Å²) in [6, 6.07) is 0. The van der Waals surface area contributed by atoms with Crippen LogP contribution in [0.1, 0.15) is 46.0 Å². The third kappa shape index (κ3) is 6.38. The van der Waals surface area contributed by atoms with E-state index in [0.29, 0.717) is 0 Å². The second-order valence-electron chi connectivity index (χ2n) is 3.02. The quantitative estimate of drug-likeness (QED) is 0.276. The van der Waals surface area contributed by atoms with Gasteiger partial charge in [0.25, 0.3) is 0 Å². The molecule has 0 fully saturated rings. The maximum atomic E-state index is 8.46. The highest BCUT2D eigenvalue weighted by Crippen LogP contribution is 2.08. The predicted molar refractivity (Wildman–Crippen MR) is 51.1 cm³/mol. The van der Waals surface area contributed by atoms with E-state index in [-0.39, 0.29) is 6.10 Å². The molecule has 0 aliphatic carbocycles. The van der Waals surface area contributed by atoms with Crippen LogP contribution in [0.3, 0.4) is 0 Å². The molecule has 0 bridgehead atoms. The lowest BCUT2D eigenvalue weighted by molar-refractivity contribution is -0.267. The van der Waals surface area contributed by atoms with E-state index in [1.807, 2.05) is 19.1 Å². The summed E-state index contributed by atoms with van der Waals surface area (Å²) in [5, 5.41) is 8.46. The van der Waals surface area contributed by atoms with Crippen molar-refractivity contribution in [2.24, 2.45) is 0 Å². The molecule has 0 heterocycles. The van der Waals surface area contributed by atoms with Gasteiger partial charge in [-0.2, -0.15) is 0 Å². The zero-order valence-corrected chi connectivity index (χ0v) is 8.12. The molecule has 0 aromatic heterocycles. The van der Waals surface area contributed by atoms with Crippen molar-refractivity contribution in [1.29, 1.82) is 0 Å². The summed E-state index contributed by atoms with van der Waals surface area (Å²) in [6.45, 7) is 4.12. The van der Waals surface area contributed by atoms with E-state index in [1.54, 1.807) is 0 Å². The van der Waals surface area contributed by atoms with Gasteiger partial charge in [0.05, 0.1) is 0 Å². The third-order valence-electron chi connectivity index (χ3n) is 1.88. The highest BCUT2D eigenvalue weighted by molar-refractivity contribution is 4.85.